The van der Waals surface area contributed by atoms with Gasteiger partial charge in [0.05, 0.1) is 25.2 Å². The van der Waals surface area contributed by atoms with Crippen LogP contribution in [-0.4, -0.2) is 72.3 Å². The molecule has 2 aliphatic rings. The van der Waals surface area contributed by atoms with E-state index in [0.29, 0.717) is 19.7 Å². The molecule has 0 radical (unpaired) electrons. The summed E-state index contributed by atoms with van der Waals surface area (Å²) in [7, 11) is 0. The summed E-state index contributed by atoms with van der Waals surface area (Å²) in [5.41, 5.74) is -1.85. The van der Waals surface area contributed by atoms with Gasteiger partial charge in [-0.1, -0.05) is 11.6 Å². The summed E-state index contributed by atoms with van der Waals surface area (Å²) in [6.07, 6.45) is 0.398. The van der Waals surface area contributed by atoms with Crippen LogP contribution in [0.4, 0.5) is 8.78 Å². The van der Waals surface area contributed by atoms with E-state index in [1.54, 1.807) is 4.90 Å². The van der Waals surface area contributed by atoms with Gasteiger partial charge in [0.1, 0.15) is 18.2 Å². The van der Waals surface area contributed by atoms with Crippen molar-refractivity contribution in [2.75, 3.05) is 39.5 Å². The number of likely N-dealkylation sites (tertiary alicyclic amines) is 1. The van der Waals surface area contributed by atoms with Crippen molar-refractivity contribution in [2.24, 2.45) is 0 Å². The number of ether oxygens (including phenoxy) is 1. The van der Waals surface area contributed by atoms with Crippen LogP contribution >= 0.6 is 11.6 Å². The maximum absolute atomic E-state index is 15.1. The first-order valence-corrected chi connectivity index (χ1v) is 10.00. The number of piperidine rings is 1. The third kappa shape index (κ3) is 5.43. The molecule has 0 atom stereocenters. The van der Waals surface area contributed by atoms with Gasteiger partial charge in [-0.3, -0.25) is 14.5 Å². The minimum atomic E-state index is -1.57. The molecule has 160 valence electrons. The molecule has 1 aromatic rings. The number of carbonyl (C=O) groups is 2. The summed E-state index contributed by atoms with van der Waals surface area (Å²) in [4.78, 5) is 28.3. The van der Waals surface area contributed by atoms with Gasteiger partial charge in [-0.15, -0.1) is 0 Å². The van der Waals surface area contributed by atoms with Crippen molar-refractivity contribution in [1.29, 1.82) is 0 Å². The number of benzene rings is 1. The number of amides is 2. The molecule has 0 spiro atoms. The van der Waals surface area contributed by atoms with Crippen LogP contribution in [-0.2, 0) is 9.53 Å². The first-order chi connectivity index (χ1) is 13.6. The second-order valence-corrected chi connectivity index (χ2v) is 8.82. The Hall–Kier alpha value is -1.77. The van der Waals surface area contributed by atoms with Gasteiger partial charge >= 0.3 is 0 Å². The van der Waals surface area contributed by atoms with Crippen LogP contribution in [0.2, 0.25) is 5.02 Å². The van der Waals surface area contributed by atoms with Gasteiger partial charge in [0.15, 0.2) is 0 Å². The van der Waals surface area contributed by atoms with Gasteiger partial charge in [-0.2, -0.15) is 0 Å². The van der Waals surface area contributed by atoms with Gasteiger partial charge < -0.3 is 15.0 Å². The Morgan fingerprint density at radius 3 is 2.52 bits per heavy atom. The van der Waals surface area contributed by atoms with Gasteiger partial charge in [0.25, 0.3) is 5.91 Å². The first kappa shape index (κ1) is 21.9. The fourth-order valence-electron chi connectivity index (χ4n) is 3.64. The molecule has 1 aromatic carbocycles. The molecule has 2 amide bonds. The molecule has 1 N–H and O–H groups in total. The van der Waals surface area contributed by atoms with Crippen LogP contribution in [0.3, 0.4) is 0 Å². The summed E-state index contributed by atoms with van der Waals surface area (Å²) >= 11 is 5.75. The number of alkyl halides is 1. The Morgan fingerprint density at radius 2 is 1.93 bits per heavy atom. The number of nitrogens with one attached hydrogen (secondary N) is 1. The number of rotatable bonds is 5. The third-order valence-electron chi connectivity index (χ3n) is 5.51. The second-order valence-electron chi connectivity index (χ2n) is 8.38. The highest BCUT2D eigenvalue weighted by atomic mass is 35.5. The van der Waals surface area contributed by atoms with Crippen molar-refractivity contribution in [2.45, 2.75) is 37.9 Å². The lowest BCUT2D eigenvalue weighted by Gasteiger charge is -2.37. The zero-order valence-electron chi connectivity index (χ0n) is 16.6. The smallest absolute Gasteiger partial charge is 0.251 e. The van der Waals surface area contributed by atoms with Crippen LogP contribution in [0.5, 0.6) is 0 Å². The maximum Gasteiger partial charge on any atom is 0.251 e. The fourth-order valence-corrected chi connectivity index (χ4v) is 3.86. The number of hydrogen-bond donors (Lipinski definition) is 1. The Bertz CT molecular complexity index is 762. The molecule has 2 heterocycles. The standard InChI is InChI=1S/C20H26ClF2N3O3/c1-19(2)12-29-13-26(19)17(27)10-25-5-3-20(23,4-6-25)11-24-18(28)14-7-15(21)9-16(22)8-14/h7-9H,3-6,10-13H2,1-2H3,(H,24,28). The van der Waals surface area contributed by atoms with E-state index in [2.05, 4.69) is 5.32 Å². The van der Waals surface area contributed by atoms with E-state index >= 15 is 4.39 Å². The normalized spacial score (nSPS) is 21.2. The van der Waals surface area contributed by atoms with Crippen molar-refractivity contribution in [1.82, 2.24) is 15.1 Å². The topological polar surface area (TPSA) is 61.9 Å². The van der Waals surface area contributed by atoms with Gasteiger partial charge in [0, 0.05) is 23.7 Å². The highest BCUT2D eigenvalue weighted by molar-refractivity contribution is 6.31. The maximum atomic E-state index is 15.1. The van der Waals surface area contributed by atoms with Crippen LogP contribution < -0.4 is 5.32 Å². The number of halogens is 3. The molecule has 0 saturated carbocycles. The molecule has 29 heavy (non-hydrogen) atoms. The van der Waals surface area contributed by atoms with Crippen molar-refractivity contribution in [3.05, 3.63) is 34.6 Å². The largest absolute Gasteiger partial charge is 0.359 e. The van der Waals surface area contributed by atoms with Crippen LogP contribution in [0, 0.1) is 5.82 Å². The lowest BCUT2D eigenvalue weighted by atomic mass is 9.93. The minimum absolute atomic E-state index is 0.0323. The van der Waals surface area contributed by atoms with E-state index in [1.165, 1.54) is 6.07 Å². The molecule has 2 aliphatic heterocycles. The molecule has 2 saturated heterocycles. The Labute approximate surface area is 174 Å². The van der Waals surface area contributed by atoms with E-state index < -0.39 is 17.4 Å². The SMILES string of the molecule is CC1(C)COCN1C(=O)CN1CCC(F)(CNC(=O)c2cc(F)cc(Cl)c2)CC1. The van der Waals surface area contributed by atoms with E-state index in [9.17, 15) is 14.0 Å². The average Bonchev–Trinajstić information content (AvgIpc) is 3.00. The van der Waals surface area contributed by atoms with Crippen molar-refractivity contribution in [3.63, 3.8) is 0 Å². The molecule has 6 nitrogen and oxygen atoms in total. The van der Waals surface area contributed by atoms with Crippen LogP contribution in [0.25, 0.3) is 0 Å². The predicted octanol–water partition coefficient (Wildman–Crippen LogP) is 2.61. The molecule has 9 heteroatoms. The minimum Gasteiger partial charge on any atom is -0.359 e. The predicted molar refractivity (Wildman–Crippen MR) is 105 cm³/mol. The Balaban J connectivity index is 1.47. The summed E-state index contributed by atoms with van der Waals surface area (Å²) in [5.74, 6) is -1.23. The van der Waals surface area contributed by atoms with Gasteiger partial charge in [0.2, 0.25) is 5.91 Å². The van der Waals surface area contributed by atoms with Crippen molar-refractivity contribution < 1.29 is 23.1 Å². The van der Waals surface area contributed by atoms with E-state index in [0.717, 1.165) is 12.1 Å². The fraction of sp³-hybridized carbons (Fsp3) is 0.600. The highest BCUT2D eigenvalue weighted by Crippen LogP contribution is 2.27. The molecule has 0 aliphatic carbocycles. The molecule has 0 aromatic heterocycles. The number of hydrogen-bond acceptors (Lipinski definition) is 4. The summed E-state index contributed by atoms with van der Waals surface area (Å²) in [5, 5.41) is 2.63. The van der Waals surface area contributed by atoms with Crippen molar-refractivity contribution in [3.8, 4) is 0 Å². The molecule has 2 fully saturated rings. The third-order valence-corrected chi connectivity index (χ3v) is 5.73. The second kappa shape index (κ2) is 8.53. The van der Waals surface area contributed by atoms with Gasteiger partial charge in [-0.25, -0.2) is 8.78 Å². The van der Waals surface area contributed by atoms with E-state index in [4.69, 9.17) is 16.3 Å². The molecule has 0 bridgehead atoms. The zero-order chi connectivity index (χ0) is 21.2. The zero-order valence-corrected chi connectivity index (χ0v) is 17.4. The number of nitrogens with zero attached hydrogens (tertiary/aromatic N) is 2. The number of carbonyl (C=O) groups excluding carboxylic acids is 2. The lowest BCUT2D eigenvalue weighted by Crippen LogP contribution is -2.52. The molecule has 3 rings (SSSR count). The Kier molecular flexibility index (Phi) is 6.45. The monoisotopic (exact) mass is 429 g/mol. The Morgan fingerprint density at radius 1 is 1.24 bits per heavy atom. The molecule has 0 unspecified atom stereocenters. The van der Waals surface area contributed by atoms with E-state index in [1.807, 2.05) is 18.7 Å². The lowest BCUT2D eigenvalue weighted by molar-refractivity contribution is -0.137. The van der Waals surface area contributed by atoms with E-state index in [-0.39, 0.29) is 54.7 Å². The first-order valence-electron chi connectivity index (χ1n) is 9.62. The highest BCUT2D eigenvalue weighted by Gasteiger charge is 2.39. The average molecular weight is 430 g/mol. The summed E-state index contributed by atoms with van der Waals surface area (Å²) in [6, 6.07) is 3.49. The van der Waals surface area contributed by atoms with Crippen molar-refractivity contribution >= 4 is 23.4 Å². The van der Waals surface area contributed by atoms with Crippen LogP contribution in [0.1, 0.15) is 37.0 Å². The van der Waals surface area contributed by atoms with Gasteiger partial charge in [-0.05, 0) is 44.9 Å². The summed E-state index contributed by atoms with van der Waals surface area (Å²) in [6.45, 7) is 5.57. The molecular weight excluding hydrogens is 404 g/mol. The molecular formula is C20H26ClF2N3O3. The van der Waals surface area contributed by atoms with Crippen LogP contribution in [0.15, 0.2) is 18.2 Å². The quantitative estimate of drug-likeness (QED) is 0.781. The summed E-state index contributed by atoms with van der Waals surface area (Å²) < 4.78 is 33.8.